The standard InChI is InChI=1S/C19H22N2O4/c1-11(8-16-12(2)20-25-13(16)3)18(22)21-10-15-7-5-4-6-14(15)9-17(21)19(23)24/h4-7,11,17H,8-10H2,1-3H3,(H,23,24)/t11-,17-/m1/s1. The van der Waals surface area contributed by atoms with E-state index in [4.69, 9.17) is 4.52 Å². The Morgan fingerprint density at radius 2 is 2.00 bits per heavy atom. The molecule has 1 aliphatic rings. The molecule has 1 amide bonds. The van der Waals surface area contributed by atoms with Gasteiger partial charge in [0.1, 0.15) is 11.8 Å². The van der Waals surface area contributed by atoms with Gasteiger partial charge in [0.15, 0.2) is 0 Å². The van der Waals surface area contributed by atoms with Gasteiger partial charge in [-0.1, -0.05) is 36.3 Å². The van der Waals surface area contributed by atoms with Gasteiger partial charge in [0.25, 0.3) is 0 Å². The van der Waals surface area contributed by atoms with Crippen LogP contribution in [-0.4, -0.2) is 33.1 Å². The Hall–Kier alpha value is -2.63. The van der Waals surface area contributed by atoms with Crippen molar-refractivity contribution in [2.24, 2.45) is 5.92 Å². The minimum atomic E-state index is -0.965. The molecule has 1 aromatic carbocycles. The molecule has 0 aliphatic carbocycles. The first-order chi connectivity index (χ1) is 11.9. The maximum absolute atomic E-state index is 13.0. The van der Waals surface area contributed by atoms with Gasteiger partial charge >= 0.3 is 5.97 Å². The maximum atomic E-state index is 13.0. The molecule has 132 valence electrons. The number of rotatable bonds is 4. The van der Waals surface area contributed by atoms with Gasteiger partial charge < -0.3 is 14.5 Å². The predicted octanol–water partition coefficient (Wildman–Crippen LogP) is 2.51. The van der Waals surface area contributed by atoms with Crippen molar-refractivity contribution in [1.29, 1.82) is 0 Å². The molecule has 0 fully saturated rings. The second-order valence-electron chi connectivity index (χ2n) is 6.70. The van der Waals surface area contributed by atoms with Crippen LogP contribution in [0.1, 0.15) is 35.1 Å². The number of carboxylic acid groups (broad SMARTS) is 1. The zero-order chi connectivity index (χ0) is 18.1. The second kappa shape index (κ2) is 6.70. The molecule has 0 saturated carbocycles. The summed E-state index contributed by atoms with van der Waals surface area (Å²) in [6, 6.07) is 6.87. The fourth-order valence-electron chi connectivity index (χ4n) is 3.45. The number of fused-ring (bicyclic) bond motifs is 1. The molecule has 3 rings (SSSR count). The number of carbonyl (C=O) groups is 2. The van der Waals surface area contributed by atoms with E-state index in [9.17, 15) is 14.7 Å². The highest BCUT2D eigenvalue weighted by molar-refractivity contribution is 5.86. The average molecular weight is 342 g/mol. The topological polar surface area (TPSA) is 83.6 Å². The lowest BCUT2D eigenvalue weighted by Gasteiger charge is -2.36. The molecule has 6 nitrogen and oxygen atoms in total. The molecule has 2 aromatic rings. The van der Waals surface area contributed by atoms with Crippen LogP contribution in [0.4, 0.5) is 0 Å². The highest BCUT2D eigenvalue weighted by atomic mass is 16.5. The van der Waals surface area contributed by atoms with Crippen molar-refractivity contribution in [3.63, 3.8) is 0 Å². The van der Waals surface area contributed by atoms with Gasteiger partial charge in [-0.2, -0.15) is 0 Å². The Morgan fingerprint density at radius 3 is 2.60 bits per heavy atom. The number of amides is 1. The molecule has 0 unspecified atom stereocenters. The summed E-state index contributed by atoms with van der Waals surface area (Å²) < 4.78 is 5.16. The van der Waals surface area contributed by atoms with Crippen LogP contribution >= 0.6 is 0 Å². The third kappa shape index (κ3) is 3.29. The van der Waals surface area contributed by atoms with Gasteiger partial charge in [-0.15, -0.1) is 0 Å². The monoisotopic (exact) mass is 342 g/mol. The molecule has 0 spiro atoms. The van der Waals surface area contributed by atoms with Gasteiger partial charge in [0.2, 0.25) is 5.91 Å². The Morgan fingerprint density at radius 1 is 1.32 bits per heavy atom. The summed E-state index contributed by atoms with van der Waals surface area (Å²) in [7, 11) is 0. The molecule has 1 aliphatic heterocycles. The third-order valence-electron chi connectivity index (χ3n) is 4.93. The first-order valence-corrected chi connectivity index (χ1v) is 8.40. The number of nitrogens with zero attached hydrogens (tertiary/aromatic N) is 2. The van der Waals surface area contributed by atoms with Crippen molar-refractivity contribution in [3.8, 4) is 0 Å². The van der Waals surface area contributed by atoms with E-state index >= 15 is 0 Å². The lowest BCUT2D eigenvalue weighted by atomic mass is 9.91. The molecule has 1 aromatic heterocycles. The number of hydrogen-bond acceptors (Lipinski definition) is 4. The molecular formula is C19H22N2O4. The predicted molar refractivity (Wildman–Crippen MR) is 91.0 cm³/mol. The third-order valence-corrected chi connectivity index (χ3v) is 4.93. The first-order valence-electron chi connectivity index (χ1n) is 8.40. The number of aromatic nitrogens is 1. The van der Waals surface area contributed by atoms with E-state index in [0.717, 1.165) is 22.4 Å². The van der Waals surface area contributed by atoms with Gasteiger partial charge in [-0.3, -0.25) is 4.79 Å². The van der Waals surface area contributed by atoms with Crippen LogP contribution in [0.25, 0.3) is 0 Å². The molecular weight excluding hydrogens is 320 g/mol. The minimum Gasteiger partial charge on any atom is -0.480 e. The van der Waals surface area contributed by atoms with E-state index in [2.05, 4.69) is 5.16 Å². The van der Waals surface area contributed by atoms with E-state index in [1.54, 1.807) is 0 Å². The van der Waals surface area contributed by atoms with Crippen LogP contribution in [0, 0.1) is 19.8 Å². The van der Waals surface area contributed by atoms with Crippen LogP contribution in [0.3, 0.4) is 0 Å². The highest BCUT2D eigenvalue weighted by Gasteiger charge is 2.36. The molecule has 0 radical (unpaired) electrons. The van der Waals surface area contributed by atoms with Crippen molar-refractivity contribution < 1.29 is 19.2 Å². The van der Waals surface area contributed by atoms with E-state index in [-0.39, 0.29) is 11.8 Å². The molecule has 6 heteroatoms. The van der Waals surface area contributed by atoms with Gasteiger partial charge in [-0.05, 0) is 31.4 Å². The number of aryl methyl sites for hydroxylation is 2. The summed E-state index contributed by atoms with van der Waals surface area (Å²) >= 11 is 0. The number of carboxylic acids is 1. The van der Waals surface area contributed by atoms with Gasteiger partial charge in [-0.25, -0.2) is 4.79 Å². The summed E-state index contributed by atoms with van der Waals surface area (Å²) in [4.78, 5) is 26.2. The number of carbonyl (C=O) groups excluding carboxylic acids is 1. The van der Waals surface area contributed by atoms with Crippen LogP contribution in [0.15, 0.2) is 28.8 Å². The largest absolute Gasteiger partial charge is 0.480 e. The SMILES string of the molecule is Cc1noc(C)c1C[C@@H](C)C(=O)N1Cc2ccccc2C[C@@H]1C(=O)O. The quantitative estimate of drug-likeness (QED) is 0.923. The number of benzene rings is 1. The Labute approximate surface area is 146 Å². The van der Waals surface area contributed by atoms with E-state index in [1.165, 1.54) is 4.90 Å². The average Bonchev–Trinajstić information content (AvgIpc) is 2.91. The van der Waals surface area contributed by atoms with Crippen molar-refractivity contribution in [3.05, 3.63) is 52.4 Å². The molecule has 0 saturated heterocycles. The van der Waals surface area contributed by atoms with E-state index in [1.807, 2.05) is 45.0 Å². The maximum Gasteiger partial charge on any atom is 0.326 e. The summed E-state index contributed by atoms with van der Waals surface area (Å²) in [5, 5.41) is 13.5. The van der Waals surface area contributed by atoms with Gasteiger partial charge in [0.05, 0.1) is 5.69 Å². The smallest absolute Gasteiger partial charge is 0.326 e. The van der Waals surface area contributed by atoms with Crippen molar-refractivity contribution in [2.45, 2.75) is 46.2 Å². The molecule has 0 bridgehead atoms. The summed E-state index contributed by atoms with van der Waals surface area (Å²) in [6.45, 7) is 5.83. The molecule has 2 heterocycles. The van der Waals surface area contributed by atoms with E-state index in [0.29, 0.717) is 25.1 Å². The van der Waals surface area contributed by atoms with Crippen molar-refractivity contribution in [2.75, 3.05) is 0 Å². The Balaban J connectivity index is 1.83. The fourth-order valence-corrected chi connectivity index (χ4v) is 3.45. The minimum absolute atomic E-state index is 0.151. The molecule has 25 heavy (non-hydrogen) atoms. The summed E-state index contributed by atoms with van der Waals surface area (Å²) in [5.41, 5.74) is 3.70. The summed E-state index contributed by atoms with van der Waals surface area (Å²) in [6.07, 6.45) is 0.833. The number of aliphatic carboxylic acids is 1. The molecule has 1 N–H and O–H groups in total. The van der Waals surface area contributed by atoms with Crippen LogP contribution in [-0.2, 0) is 29.0 Å². The Bertz CT molecular complexity index is 792. The fraction of sp³-hybridized carbons (Fsp3) is 0.421. The van der Waals surface area contributed by atoms with Gasteiger partial charge in [0, 0.05) is 24.4 Å². The lowest BCUT2D eigenvalue weighted by molar-refractivity contribution is -0.153. The van der Waals surface area contributed by atoms with Crippen LogP contribution in [0.2, 0.25) is 0 Å². The van der Waals surface area contributed by atoms with Crippen molar-refractivity contribution in [1.82, 2.24) is 10.1 Å². The zero-order valence-corrected chi connectivity index (χ0v) is 14.7. The lowest BCUT2D eigenvalue weighted by Crippen LogP contribution is -2.50. The summed E-state index contributed by atoms with van der Waals surface area (Å²) in [5.74, 6) is -0.755. The normalized spacial score (nSPS) is 17.9. The zero-order valence-electron chi connectivity index (χ0n) is 14.7. The van der Waals surface area contributed by atoms with Crippen LogP contribution < -0.4 is 0 Å². The van der Waals surface area contributed by atoms with Crippen LogP contribution in [0.5, 0.6) is 0 Å². The first kappa shape index (κ1) is 17.2. The number of hydrogen-bond donors (Lipinski definition) is 1. The second-order valence-corrected chi connectivity index (χ2v) is 6.70. The Kier molecular flexibility index (Phi) is 4.61. The van der Waals surface area contributed by atoms with Crippen molar-refractivity contribution >= 4 is 11.9 Å². The highest BCUT2D eigenvalue weighted by Crippen LogP contribution is 2.26. The molecule has 2 atom stereocenters. The van der Waals surface area contributed by atoms with E-state index < -0.39 is 12.0 Å².